The summed E-state index contributed by atoms with van der Waals surface area (Å²) in [5.74, 6) is 0.0792. The molecular formula is C17H29N3O2. The van der Waals surface area contributed by atoms with Crippen LogP contribution in [0.3, 0.4) is 0 Å². The standard InChI is InChI=1S/C17H29N3O2/c1-4-20-11-14(15(19-20)13(2)3)16(21)18-12-17(22)9-7-5-6-8-10-17/h11,13,22H,4-10,12H2,1-3H3,(H,18,21). The van der Waals surface area contributed by atoms with Gasteiger partial charge in [-0.1, -0.05) is 39.5 Å². The Morgan fingerprint density at radius 1 is 1.36 bits per heavy atom. The molecule has 0 aromatic carbocycles. The molecular weight excluding hydrogens is 278 g/mol. The van der Waals surface area contributed by atoms with Gasteiger partial charge in [0.05, 0.1) is 16.9 Å². The molecule has 1 fully saturated rings. The number of aryl methyl sites for hydroxylation is 1. The smallest absolute Gasteiger partial charge is 0.254 e. The molecule has 0 radical (unpaired) electrons. The van der Waals surface area contributed by atoms with Crippen molar-refractivity contribution in [1.82, 2.24) is 15.1 Å². The lowest BCUT2D eigenvalue weighted by atomic mass is 9.94. The van der Waals surface area contributed by atoms with Crippen LogP contribution in [0, 0.1) is 0 Å². The van der Waals surface area contributed by atoms with Gasteiger partial charge >= 0.3 is 0 Å². The second-order valence-corrected chi connectivity index (χ2v) is 6.76. The first-order chi connectivity index (χ1) is 10.4. The first-order valence-electron chi connectivity index (χ1n) is 8.53. The van der Waals surface area contributed by atoms with E-state index < -0.39 is 5.60 Å². The monoisotopic (exact) mass is 307 g/mol. The van der Waals surface area contributed by atoms with E-state index in [1.807, 2.05) is 27.0 Å². The van der Waals surface area contributed by atoms with Gasteiger partial charge in [0.25, 0.3) is 5.91 Å². The van der Waals surface area contributed by atoms with Gasteiger partial charge < -0.3 is 10.4 Å². The Labute approximate surface area is 133 Å². The number of aromatic nitrogens is 2. The van der Waals surface area contributed by atoms with Crippen LogP contribution < -0.4 is 5.32 Å². The van der Waals surface area contributed by atoms with Crippen LogP contribution in [0.25, 0.3) is 0 Å². The Kier molecular flexibility index (Phi) is 5.62. The lowest BCUT2D eigenvalue weighted by Gasteiger charge is -2.26. The van der Waals surface area contributed by atoms with E-state index in [1.165, 1.54) is 12.8 Å². The number of nitrogens with one attached hydrogen (secondary N) is 1. The maximum Gasteiger partial charge on any atom is 0.254 e. The van der Waals surface area contributed by atoms with Crippen molar-refractivity contribution in [2.24, 2.45) is 0 Å². The van der Waals surface area contributed by atoms with Gasteiger partial charge in [0.1, 0.15) is 0 Å². The minimum Gasteiger partial charge on any atom is -0.388 e. The van der Waals surface area contributed by atoms with Crippen molar-refractivity contribution in [2.45, 2.75) is 77.4 Å². The highest BCUT2D eigenvalue weighted by Crippen LogP contribution is 2.26. The molecule has 0 aliphatic heterocycles. The third-order valence-corrected chi connectivity index (χ3v) is 4.52. The zero-order valence-corrected chi connectivity index (χ0v) is 14.1. The highest BCUT2D eigenvalue weighted by atomic mass is 16.3. The number of rotatable bonds is 5. The molecule has 22 heavy (non-hydrogen) atoms. The van der Waals surface area contributed by atoms with Gasteiger partial charge in [-0.15, -0.1) is 0 Å². The van der Waals surface area contributed by atoms with Crippen molar-refractivity contribution < 1.29 is 9.90 Å². The number of carbonyl (C=O) groups is 1. The molecule has 0 unspecified atom stereocenters. The van der Waals surface area contributed by atoms with Crippen LogP contribution >= 0.6 is 0 Å². The van der Waals surface area contributed by atoms with Crippen LogP contribution in [0.15, 0.2) is 6.20 Å². The molecule has 1 amide bonds. The molecule has 0 spiro atoms. The highest BCUT2D eigenvalue weighted by Gasteiger charge is 2.29. The van der Waals surface area contributed by atoms with E-state index in [-0.39, 0.29) is 11.8 Å². The van der Waals surface area contributed by atoms with Crippen LogP contribution in [0.5, 0.6) is 0 Å². The third kappa shape index (κ3) is 4.09. The van der Waals surface area contributed by atoms with Crippen LogP contribution in [0.4, 0.5) is 0 Å². The van der Waals surface area contributed by atoms with Crippen molar-refractivity contribution in [3.63, 3.8) is 0 Å². The maximum absolute atomic E-state index is 12.5. The minimum atomic E-state index is -0.745. The Morgan fingerprint density at radius 2 is 2.00 bits per heavy atom. The first-order valence-corrected chi connectivity index (χ1v) is 8.53. The molecule has 1 aliphatic carbocycles. The fourth-order valence-electron chi connectivity index (χ4n) is 3.10. The molecule has 5 nitrogen and oxygen atoms in total. The lowest BCUT2D eigenvalue weighted by molar-refractivity contribution is 0.0246. The molecule has 1 aromatic rings. The Balaban J connectivity index is 2.04. The third-order valence-electron chi connectivity index (χ3n) is 4.52. The average Bonchev–Trinajstić information content (AvgIpc) is 2.82. The highest BCUT2D eigenvalue weighted by molar-refractivity contribution is 5.95. The molecule has 0 saturated heterocycles. The summed E-state index contributed by atoms with van der Waals surface area (Å²) in [4.78, 5) is 12.5. The van der Waals surface area contributed by atoms with Gasteiger partial charge in [-0.25, -0.2) is 0 Å². The molecule has 1 aliphatic rings. The van der Waals surface area contributed by atoms with Crippen molar-refractivity contribution in [3.8, 4) is 0 Å². The number of hydrogen-bond donors (Lipinski definition) is 2. The molecule has 2 rings (SSSR count). The van der Waals surface area contributed by atoms with E-state index in [1.54, 1.807) is 4.68 Å². The quantitative estimate of drug-likeness (QED) is 0.822. The zero-order chi connectivity index (χ0) is 16.2. The zero-order valence-electron chi connectivity index (χ0n) is 14.1. The van der Waals surface area contributed by atoms with Gasteiger partial charge in [-0.3, -0.25) is 9.48 Å². The van der Waals surface area contributed by atoms with Crippen LogP contribution in [0.2, 0.25) is 0 Å². The van der Waals surface area contributed by atoms with E-state index >= 15 is 0 Å². The minimum absolute atomic E-state index is 0.124. The average molecular weight is 307 g/mol. The molecule has 1 saturated carbocycles. The summed E-state index contributed by atoms with van der Waals surface area (Å²) in [5, 5.41) is 18.0. The lowest BCUT2D eigenvalue weighted by Crippen LogP contribution is -2.42. The number of carbonyl (C=O) groups excluding carboxylic acids is 1. The SMILES string of the molecule is CCn1cc(C(=O)NCC2(O)CCCCCC2)c(C(C)C)n1. The van der Waals surface area contributed by atoms with Crippen molar-refractivity contribution in [2.75, 3.05) is 6.54 Å². The van der Waals surface area contributed by atoms with E-state index in [0.717, 1.165) is 37.9 Å². The summed E-state index contributed by atoms with van der Waals surface area (Å²) in [7, 11) is 0. The summed E-state index contributed by atoms with van der Waals surface area (Å²) < 4.78 is 1.80. The van der Waals surface area contributed by atoms with E-state index in [2.05, 4.69) is 10.4 Å². The predicted octanol–water partition coefficient (Wildman–Crippen LogP) is 2.84. The van der Waals surface area contributed by atoms with Crippen LogP contribution in [-0.2, 0) is 6.54 Å². The topological polar surface area (TPSA) is 67.2 Å². The normalized spacial score (nSPS) is 18.2. The summed E-state index contributed by atoms with van der Waals surface area (Å²) in [6, 6.07) is 0. The van der Waals surface area contributed by atoms with Crippen LogP contribution in [-0.4, -0.2) is 32.9 Å². The Morgan fingerprint density at radius 3 is 2.55 bits per heavy atom. The van der Waals surface area contributed by atoms with E-state index in [0.29, 0.717) is 12.1 Å². The van der Waals surface area contributed by atoms with Gasteiger partial charge in [0.2, 0.25) is 0 Å². The molecule has 5 heteroatoms. The second kappa shape index (κ2) is 7.27. The Hall–Kier alpha value is -1.36. The largest absolute Gasteiger partial charge is 0.388 e. The second-order valence-electron chi connectivity index (χ2n) is 6.76. The predicted molar refractivity (Wildman–Crippen MR) is 87.0 cm³/mol. The number of amides is 1. The summed E-state index contributed by atoms with van der Waals surface area (Å²) in [6.07, 6.45) is 7.79. The van der Waals surface area contributed by atoms with Gasteiger partial charge in [-0.05, 0) is 25.7 Å². The Bertz CT molecular complexity index is 500. The fraction of sp³-hybridized carbons (Fsp3) is 0.765. The van der Waals surface area contributed by atoms with Crippen molar-refractivity contribution in [1.29, 1.82) is 0 Å². The summed E-state index contributed by atoms with van der Waals surface area (Å²) >= 11 is 0. The molecule has 2 N–H and O–H groups in total. The van der Waals surface area contributed by atoms with E-state index in [9.17, 15) is 9.90 Å². The molecule has 124 valence electrons. The van der Waals surface area contributed by atoms with E-state index in [4.69, 9.17) is 0 Å². The maximum atomic E-state index is 12.5. The number of hydrogen-bond acceptors (Lipinski definition) is 3. The fourth-order valence-corrected chi connectivity index (χ4v) is 3.10. The number of nitrogens with zero attached hydrogens (tertiary/aromatic N) is 2. The van der Waals surface area contributed by atoms with Crippen LogP contribution in [0.1, 0.15) is 81.3 Å². The van der Waals surface area contributed by atoms with Gasteiger partial charge in [0.15, 0.2) is 0 Å². The summed E-state index contributed by atoms with van der Waals surface area (Å²) in [6.45, 7) is 7.17. The molecule has 1 heterocycles. The van der Waals surface area contributed by atoms with Crippen molar-refractivity contribution >= 4 is 5.91 Å². The molecule has 0 bridgehead atoms. The van der Waals surface area contributed by atoms with Gasteiger partial charge in [0, 0.05) is 19.3 Å². The first kappa shape index (κ1) is 17.0. The molecule has 0 atom stereocenters. The van der Waals surface area contributed by atoms with Gasteiger partial charge in [-0.2, -0.15) is 5.10 Å². The summed E-state index contributed by atoms with van der Waals surface area (Å²) in [5.41, 5.74) is 0.714. The number of aliphatic hydroxyl groups is 1. The van der Waals surface area contributed by atoms with Crippen molar-refractivity contribution in [3.05, 3.63) is 17.5 Å². The molecule has 1 aromatic heterocycles.